The number of carbonyl (C=O) groups excluding carboxylic acids is 2. The van der Waals surface area contributed by atoms with Crippen molar-refractivity contribution in [2.75, 3.05) is 12.4 Å². The summed E-state index contributed by atoms with van der Waals surface area (Å²) in [5.41, 5.74) is -4.40. The molecule has 14 heteroatoms. The van der Waals surface area contributed by atoms with Gasteiger partial charge < -0.3 is 10.1 Å². The standard InChI is InChI=1S/C19H13F6N3O4S/c1-8-13-15(33-14(8)17(31)32-2)26-7-28(16(13)30)6-12(29)27-11-4-9(18(20,21)22)3-10(5-11)19(23,24)25/h3-5,7H,6H2,1-2H3,(H,27,29). The zero-order valence-corrected chi connectivity index (χ0v) is 17.5. The van der Waals surface area contributed by atoms with E-state index in [0.717, 1.165) is 29.3 Å². The molecule has 0 radical (unpaired) electrons. The first-order chi connectivity index (χ1) is 15.2. The maximum Gasteiger partial charge on any atom is 0.416 e. The lowest BCUT2D eigenvalue weighted by molar-refractivity contribution is -0.143. The van der Waals surface area contributed by atoms with Gasteiger partial charge in [0.25, 0.3) is 5.56 Å². The molecule has 1 aromatic carbocycles. The number of esters is 1. The number of aryl methyl sites for hydroxylation is 1. The highest BCUT2D eigenvalue weighted by molar-refractivity contribution is 7.20. The summed E-state index contributed by atoms with van der Waals surface area (Å²) in [4.78, 5) is 41.2. The van der Waals surface area contributed by atoms with E-state index in [1.54, 1.807) is 0 Å². The largest absolute Gasteiger partial charge is 0.465 e. The number of fused-ring (bicyclic) bond motifs is 1. The average molecular weight is 493 g/mol. The first kappa shape index (κ1) is 24.2. The van der Waals surface area contributed by atoms with Gasteiger partial charge in [-0.3, -0.25) is 14.2 Å². The van der Waals surface area contributed by atoms with Crippen LogP contribution in [0.3, 0.4) is 0 Å². The number of amides is 1. The van der Waals surface area contributed by atoms with E-state index in [9.17, 15) is 40.7 Å². The highest BCUT2D eigenvalue weighted by Gasteiger charge is 2.37. The van der Waals surface area contributed by atoms with Crippen molar-refractivity contribution >= 4 is 39.1 Å². The van der Waals surface area contributed by atoms with Crippen molar-refractivity contribution in [2.45, 2.75) is 25.8 Å². The van der Waals surface area contributed by atoms with Crippen LogP contribution in [0, 0.1) is 6.92 Å². The smallest absolute Gasteiger partial charge is 0.416 e. The summed E-state index contributed by atoms with van der Waals surface area (Å²) in [5.74, 6) is -1.75. The summed E-state index contributed by atoms with van der Waals surface area (Å²) in [6.45, 7) is 0.724. The van der Waals surface area contributed by atoms with Crippen LogP contribution in [-0.4, -0.2) is 28.5 Å². The molecule has 176 valence electrons. The minimum absolute atomic E-state index is 0.0362. The molecular formula is C19H13F6N3O4S. The predicted octanol–water partition coefficient (Wildman–Crippen LogP) is 4.23. The zero-order chi connectivity index (χ0) is 24.7. The van der Waals surface area contributed by atoms with Crippen molar-refractivity contribution in [3.8, 4) is 0 Å². The van der Waals surface area contributed by atoms with Crippen LogP contribution in [0.4, 0.5) is 32.0 Å². The lowest BCUT2D eigenvalue weighted by atomic mass is 10.1. The number of nitrogens with zero attached hydrogens (tertiary/aromatic N) is 2. The quantitative estimate of drug-likeness (QED) is 0.434. The van der Waals surface area contributed by atoms with Gasteiger partial charge >= 0.3 is 18.3 Å². The Hall–Kier alpha value is -3.42. The van der Waals surface area contributed by atoms with Crippen LogP contribution in [0.15, 0.2) is 29.3 Å². The molecule has 3 rings (SSSR count). The van der Waals surface area contributed by atoms with Gasteiger partial charge in [-0.25, -0.2) is 9.78 Å². The molecule has 0 saturated carbocycles. The lowest BCUT2D eigenvalue weighted by Gasteiger charge is -2.15. The third-order valence-electron chi connectivity index (χ3n) is 4.47. The van der Waals surface area contributed by atoms with E-state index in [0.29, 0.717) is 12.1 Å². The lowest BCUT2D eigenvalue weighted by Crippen LogP contribution is -2.28. The molecule has 1 amide bonds. The fourth-order valence-electron chi connectivity index (χ4n) is 2.94. The van der Waals surface area contributed by atoms with E-state index in [1.165, 1.54) is 6.92 Å². The first-order valence-corrected chi connectivity index (χ1v) is 9.70. The van der Waals surface area contributed by atoms with E-state index in [2.05, 4.69) is 9.72 Å². The number of aromatic nitrogens is 2. The van der Waals surface area contributed by atoms with Crippen LogP contribution < -0.4 is 10.9 Å². The van der Waals surface area contributed by atoms with Crippen molar-refractivity contribution in [3.63, 3.8) is 0 Å². The molecule has 0 aliphatic carbocycles. The Balaban J connectivity index is 1.92. The van der Waals surface area contributed by atoms with E-state index in [1.807, 2.05) is 5.32 Å². The zero-order valence-electron chi connectivity index (χ0n) is 16.7. The fourth-order valence-corrected chi connectivity index (χ4v) is 4.00. The Labute approximate surface area is 184 Å². The first-order valence-electron chi connectivity index (χ1n) is 8.88. The summed E-state index contributed by atoms with van der Waals surface area (Å²) in [6.07, 6.45) is -9.19. The molecule has 0 fully saturated rings. The molecule has 0 aliphatic rings. The second kappa shape index (κ2) is 8.50. The average Bonchev–Trinajstić information content (AvgIpc) is 3.05. The Kier molecular flexibility index (Phi) is 6.24. The Morgan fingerprint density at radius 2 is 1.67 bits per heavy atom. The second-order valence-electron chi connectivity index (χ2n) is 6.75. The molecule has 0 unspecified atom stereocenters. The summed E-state index contributed by atoms with van der Waals surface area (Å²) in [6, 6.07) is 0.627. The molecule has 7 nitrogen and oxygen atoms in total. The van der Waals surface area contributed by atoms with Crippen LogP contribution in [0.25, 0.3) is 10.2 Å². The van der Waals surface area contributed by atoms with E-state index in [-0.39, 0.29) is 26.7 Å². The topological polar surface area (TPSA) is 90.3 Å². The van der Waals surface area contributed by atoms with Crippen molar-refractivity contribution in [2.24, 2.45) is 0 Å². The number of rotatable bonds is 4. The Bertz CT molecular complexity index is 1280. The van der Waals surface area contributed by atoms with Gasteiger partial charge in [-0.05, 0) is 30.7 Å². The third-order valence-corrected chi connectivity index (χ3v) is 5.65. The van der Waals surface area contributed by atoms with E-state index in [4.69, 9.17) is 0 Å². The molecule has 33 heavy (non-hydrogen) atoms. The Morgan fingerprint density at radius 3 is 2.18 bits per heavy atom. The van der Waals surface area contributed by atoms with Gasteiger partial charge in [0, 0.05) is 5.69 Å². The summed E-state index contributed by atoms with van der Waals surface area (Å²) >= 11 is 0.896. The molecule has 0 spiro atoms. The number of carbonyl (C=O) groups is 2. The van der Waals surface area contributed by atoms with Crippen LogP contribution in [0.2, 0.25) is 0 Å². The maximum atomic E-state index is 13.0. The summed E-state index contributed by atoms with van der Waals surface area (Å²) in [7, 11) is 1.15. The SMILES string of the molecule is COC(=O)c1sc2ncn(CC(=O)Nc3cc(C(F)(F)F)cc(C(F)(F)F)c3)c(=O)c2c1C. The number of anilines is 1. The molecule has 2 heterocycles. The van der Waals surface area contributed by atoms with Gasteiger partial charge in [0.05, 0.1) is 30.0 Å². The van der Waals surface area contributed by atoms with E-state index >= 15 is 0 Å². The van der Waals surface area contributed by atoms with Crippen LogP contribution >= 0.6 is 11.3 Å². The molecular weight excluding hydrogens is 480 g/mol. The highest BCUT2D eigenvalue weighted by atomic mass is 32.1. The molecule has 0 saturated heterocycles. The summed E-state index contributed by atoms with van der Waals surface area (Å²) in [5, 5.41) is 1.98. The molecule has 0 atom stereocenters. The number of thiophene rings is 1. The maximum absolute atomic E-state index is 13.0. The van der Waals surface area contributed by atoms with Crippen LogP contribution in [-0.2, 0) is 28.4 Å². The van der Waals surface area contributed by atoms with Crippen molar-refractivity contribution in [1.29, 1.82) is 0 Å². The Morgan fingerprint density at radius 1 is 1.09 bits per heavy atom. The normalized spacial score (nSPS) is 12.1. The van der Waals surface area contributed by atoms with Gasteiger partial charge in [0.2, 0.25) is 5.91 Å². The van der Waals surface area contributed by atoms with Crippen molar-refractivity contribution < 1.29 is 40.7 Å². The number of benzene rings is 1. The molecule has 2 aromatic heterocycles. The minimum Gasteiger partial charge on any atom is -0.465 e. The molecule has 0 aliphatic heterocycles. The number of ether oxygens (including phenoxy) is 1. The molecule has 1 N–H and O–H groups in total. The number of hydrogen-bond donors (Lipinski definition) is 1. The van der Waals surface area contributed by atoms with Gasteiger partial charge in [-0.15, -0.1) is 11.3 Å². The number of methoxy groups -OCH3 is 1. The molecule has 3 aromatic rings. The van der Waals surface area contributed by atoms with E-state index < -0.39 is 53.1 Å². The third kappa shape index (κ3) is 4.99. The number of nitrogens with one attached hydrogen (secondary N) is 1. The van der Waals surface area contributed by atoms with Gasteiger partial charge in [0.15, 0.2) is 0 Å². The van der Waals surface area contributed by atoms with Gasteiger partial charge in [-0.2, -0.15) is 26.3 Å². The second-order valence-corrected chi connectivity index (χ2v) is 7.75. The monoisotopic (exact) mass is 493 g/mol. The predicted molar refractivity (Wildman–Crippen MR) is 105 cm³/mol. The summed E-state index contributed by atoms with van der Waals surface area (Å²) < 4.78 is 83.3. The number of hydrogen-bond acceptors (Lipinski definition) is 6. The van der Waals surface area contributed by atoms with Gasteiger partial charge in [0.1, 0.15) is 16.3 Å². The minimum atomic E-state index is -5.08. The number of halogens is 6. The van der Waals surface area contributed by atoms with Crippen LogP contribution in [0.1, 0.15) is 26.4 Å². The van der Waals surface area contributed by atoms with Crippen molar-refractivity contribution in [3.05, 3.63) is 56.4 Å². The van der Waals surface area contributed by atoms with Crippen molar-refractivity contribution in [1.82, 2.24) is 9.55 Å². The molecule has 0 bridgehead atoms. The highest BCUT2D eigenvalue weighted by Crippen LogP contribution is 2.37. The van der Waals surface area contributed by atoms with Gasteiger partial charge in [-0.1, -0.05) is 0 Å². The van der Waals surface area contributed by atoms with Crippen LogP contribution in [0.5, 0.6) is 0 Å². The fraction of sp³-hybridized carbons (Fsp3) is 0.263. The number of alkyl halides is 6.